The van der Waals surface area contributed by atoms with Crippen molar-refractivity contribution in [3.8, 4) is 0 Å². The number of carbonyl (C=O) groups is 1. The molecular weight excluding hydrogens is 269 g/mol. The first kappa shape index (κ1) is 13.8. The van der Waals surface area contributed by atoms with Gasteiger partial charge in [-0.2, -0.15) is 5.10 Å². The van der Waals surface area contributed by atoms with Crippen molar-refractivity contribution in [1.82, 2.24) is 15.1 Å². The molecule has 0 radical (unpaired) electrons. The summed E-state index contributed by atoms with van der Waals surface area (Å²) in [6.45, 7) is 0.370. The van der Waals surface area contributed by atoms with E-state index in [1.807, 2.05) is 10.9 Å². The number of halogens is 1. The first-order chi connectivity index (χ1) is 10.2. The molecule has 110 valence electrons. The first-order valence-corrected chi connectivity index (χ1v) is 7.30. The Hall–Kier alpha value is -2.17. The maximum Gasteiger partial charge on any atom is 0.272 e. The molecule has 0 aliphatic heterocycles. The average molecular weight is 287 g/mol. The average Bonchev–Trinajstić information content (AvgIpc) is 3.17. The van der Waals surface area contributed by atoms with Crippen molar-refractivity contribution in [2.24, 2.45) is 0 Å². The van der Waals surface area contributed by atoms with Crippen molar-refractivity contribution < 1.29 is 9.18 Å². The topological polar surface area (TPSA) is 46.9 Å². The number of amides is 1. The third-order valence-corrected chi connectivity index (χ3v) is 3.91. The van der Waals surface area contributed by atoms with Crippen LogP contribution in [0.1, 0.15) is 47.8 Å². The summed E-state index contributed by atoms with van der Waals surface area (Å²) >= 11 is 0. The van der Waals surface area contributed by atoms with E-state index in [4.69, 9.17) is 0 Å². The third-order valence-electron chi connectivity index (χ3n) is 3.91. The summed E-state index contributed by atoms with van der Waals surface area (Å²) in [5.41, 5.74) is 1.30. The number of carbonyl (C=O) groups excluding carboxylic acids is 1. The number of hydrogen-bond donors (Lipinski definition) is 1. The van der Waals surface area contributed by atoms with E-state index in [1.165, 1.54) is 25.0 Å². The number of aromatic nitrogens is 2. The molecule has 1 aliphatic rings. The number of nitrogens with one attached hydrogen (secondary N) is 1. The minimum absolute atomic E-state index is 0.198. The molecule has 1 heterocycles. The summed E-state index contributed by atoms with van der Waals surface area (Å²) in [6.07, 6.45) is 6.62. The van der Waals surface area contributed by atoms with Gasteiger partial charge in [0.1, 0.15) is 11.5 Å². The van der Waals surface area contributed by atoms with Crippen LogP contribution in [-0.4, -0.2) is 15.7 Å². The Bertz CT molecular complexity index is 615. The molecule has 2 aromatic rings. The van der Waals surface area contributed by atoms with E-state index >= 15 is 0 Å². The lowest BCUT2D eigenvalue weighted by Gasteiger charge is -2.08. The molecule has 0 atom stereocenters. The second kappa shape index (κ2) is 6.08. The Morgan fingerprint density at radius 1 is 1.24 bits per heavy atom. The Kier molecular flexibility index (Phi) is 3.99. The molecular formula is C16H18FN3O. The molecule has 0 saturated heterocycles. The Labute approximate surface area is 123 Å². The van der Waals surface area contributed by atoms with Crippen LogP contribution in [0.4, 0.5) is 4.39 Å². The van der Waals surface area contributed by atoms with Crippen molar-refractivity contribution in [1.29, 1.82) is 0 Å². The van der Waals surface area contributed by atoms with E-state index in [1.54, 1.807) is 18.2 Å². The maximum absolute atomic E-state index is 12.8. The predicted octanol–water partition coefficient (Wildman–Crippen LogP) is 3.07. The molecule has 0 unspecified atom stereocenters. The molecule has 4 nitrogen and oxygen atoms in total. The molecule has 1 saturated carbocycles. The standard InChI is InChI=1S/C16H18FN3O/c17-13-7-5-12(6-8-13)11-18-16(21)15-9-10-20(19-15)14-3-1-2-4-14/h5-10,14H,1-4,11H2,(H,18,21). The Morgan fingerprint density at radius 2 is 1.95 bits per heavy atom. The number of nitrogens with zero attached hydrogens (tertiary/aromatic N) is 2. The van der Waals surface area contributed by atoms with Crippen molar-refractivity contribution >= 4 is 5.91 Å². The molecule has 1 aromatic carbocycles. The molecule has 1 aliphatic carbocycles. The first-order valence-electron chi connectivity index (χ1n) is 7.30. The van der Waals surface area contributed by atoms with Gasteiger partial charge in [0.05, 0.1) is 6.04 Å². The quantitative estimate of drug-likeness (QED) is 0.939. The van der Waals surface area contributed by atoms with Crippen molar-refractivity contribution in [3.05, 3.63) is 53.6 Å². The lowest BCUT2D eigenvalue weighted by Crippen LogP contribution is -2.23. The van der Waals surface area contributed by atoms with Crippen LogP contribution in [0.25, 0.3) is 0 Å². The van der Waals surface area contributed by atoms with E-state index in [-0.39, 0.29) is 11.7 Å². The fourth-order valence-electron chi connectivity index (χ4n) is 2.71. The fraction of sp³-hybridized carbons (Fsp3) is 0.375. The largest absolute Gasteiger partial charge is 0.347 e. The lowest BCUT2D eigenvalue weighted by molar-refractivity contribution is 0.0944. The van der Waals surface area contributed by atoms with Crippen LogP contribution in [0.3, 0.4) is 0 Å². The number of rotatable bonds is 4. The smallest absolute Gasteiger partial charge is 0.272 e. The number of benzene rings is 1. The van der Waals surface area contributed by atoms with Gasteiger partial charge in [0, 0.05) is 12.7 Å². The SMILES string of the molecule is O=C(NCc1ccc(F)cc1)c1ccn(C2CCCC2)n1. The summed E-state index contributed by atoms with van der Waals surface area (Å²) in [6, 6.07) is 8.27. The van der Waals surface area contributed by atoms with Gasteiger partial charge in [-0.15, -0.1) is 0 Å². The van der Waals surface area contributed by atoms with Crippen LogP contribution in [-0.2, 0) is 6.54 Å². The van der Waals surface area contributed by atoms with Gasteiger partial charge in [-0.05, 0) is 36.6 Å². The zero-order valence-electron chi connectivity index (χ0n) is 11.8. The zero-order valence-corrected chi connectivity index (χ0v) is 11.8. The van der Waals surface area contributed by atoms with Gasteiger partial charge < -0.3 is 5.32 Å². The molecule has 0 bridgehead atoms. The highest BCUT2D eigenvalue weighted by Gasteiger charge is 2.19. The molecule has 1 aromatic heterocycles. The van der Waals surface area contributed by atoms with Gasteiger partial charge >= 0.3 is 0 Å². The summed E-state index contributed by atoms with van der Waals surface area (Å²) in [5.74, 6) is -0.476. The molecule has 5 heteroatoms. The third kappa shape index (κ3) is 3.29. The van der Waals surface area contributed by atoms with Gasteiger partial charge in [0.2, 0.25) is 0 Å². The number of hydrogen-bond acceptors (Lipinski definition) is 2. The maximum atomic E-state index is 12.8. The summed E-state index contributed by atoms with van der Waals surface area (Å²) in [4.78, 5) is 12.1. The molecule has 3 rings (SSSR count). The zero-order chi connectivity index (χ0) is 14.7. The fourth-order valence-corrected chi connectivity index (χ4v) is 2.71. The lowest BCUT2D eigenvalue weighted by atomic mass is 10.2. The highest BCUT2D eigenvalue weighted by molar-refractivity contribution is 5.92. The van der Waals surface area contributed by atoms with Gasteiger partial charge in [-0.1, -0.05) is 25.0 Å². The Balaban J connectivity index is 1.59. The summed E-state index contributed by atoms with van der Waals surface area (Å²) < 4.78 is 14.7. The monoisotopic (exact) mass is 287 g/mol. The summed E-state index contributed by atoms with van der Waals surface area (Å²) in [7, 11) is 0. The van der Waals surface area contributed by atoms with Gasteiger partial charge in [0.15, 0.2) is 0 Å². The van der Waals surface area contributed by atoms with E-state index < -0.39 is 0 Å². The van der Waals surface area contributed by atoms with Crippen LogP contribution in [0.15, 0.2) is 36.5 Å². The van der Waals surface area contributed by atoms with Crippen molar-refractivity contribution in [2.75, 3.05) is 0 Å². The molecule has 21 heavy (non-hydrogen) atoms. The van der Waals surface area contributed by atoms with E-state index in [0.717, 1.165) is 18.4 Å². The van der Waals surface area contributed by atoms with Crippen LogP contribution >= 0.6 is 0 Å². The highest BCUT2D eigenvalue weighted by atomic mass is 19.1. The normalized spacial score (nSPS) is 15.3. The van der Waals surface area contributed by atoms with Crippen LogP contribution < -0.4 is 5.32 Å². The second-order valence-corrected chi connectivity index (χ2v) is 5.43. The van der Waals surface area contributed by atoms with E-state index in [9.17, 15) is 9.18 Å². The van der Waals surface area contributed by atoms with Gasteiger partial charge in [0.25, 0.3) is 5.91 Å². The van der Waals surface area contributed by atoms with Gasteiger partial charge in [-0.3, -0.25) is 9.48 Å². The van der Waals surface area contributed by atoms with Crippen LogP contribution in [0.2, 0.25) is 0 Å². The van der Waals surface area contributed by atoms with Crippen molar-refractivity contribution in [3.63, 3.8) is 0 Å². The molecule has 0 spiro atoms. The van der Waals surface area contributed by atoms with Crippen LogP contribution in [0.5, 0.6) is 0 Å². The minimum Gasteiger partial charge on any atom is -0.347 e. The molecule has 1 N–H and O–H groups in total. The second-order valence-electron chi connectivity index (χ2n) is 5.43. The van der Waals surface area contributed by atoms with Crippen molar-refractivity contribution in [2.45, 2.75) is 38.3 Å². The Morgan fingerprint density at radius 3 is 2.67 bits per heavy atom. The van der Waals surface area contributed by atoms with E-state index in [2.05, 4.69) is 10.4 Å². The highest BCUT2D eigenvalue weighted by Crippen LogP contribution is 2.28. The van der Waals surface area contributed by atoms with Crippen LogP contribution in [0, 0.1) is 5.82 Å². The van der Waals surface area contributed by atoms with E-state index in [0.29, 0.717) is 18.3 Å². The minimum atomic E-state index is -0.277. The van der Waals surface area contributed by atoms with Gasteiger partial charge in [-0.25, -0.2) is 4.39 Å². The molecule has 1 amide bonds. The summed E-state index contributed by atoms with van der Waals surface area (Å²) in [5, 5.41) is 7.16. The predicted molar refractivity (Wildman–Crippen MR) is 77.3 cm³/mol. The molecule has 1 fully saturated rings.